The lowest BCUT2D eigenvalue weighted by Crippen LogP contribution is -2.48. The molecule has 2 fully saturated rings. The average Bonchev–Trinajstić information content (AvgIpc) is 2.99. The highest BCUT2D eigenvalue weighted by Gasteiger charge is 2.45. The first kappa shape index (κ1) is 14.8. The maximum Gasteiger partial charge on any atom is 0.344 e. The Labute approximate surface area is 126 Å². The number of aryl methyl sites for hydroxylation is 1. The zero-order chi connectivity index (χ0) is 16.1. The van der Waals surface area contributed by atoms with Gasteiger partial charge in [0, 0.05) is 19.8 Å². The number of urea groups is 1. The van der Waals surface area contributed by atoms with E-state index in [-0.39, 0.29) is 16.9 Å². The molecule has 2 atom stereocenters. The summed E-state index contributed by atoms with van der Waals surface area (Å²) in [4.78, 5) is 16.9. The van der Waals surface area contributed by atoms with Crippen LogP contribution in [0.4, 0.5) is 4.79 Å². The number of aromatic nitrogens is 2. The average molecular weight is 328 g/mol. The summed E-state index contributed by atoms with van der Waals surface area (Å²) in [5.41, 5.74) is 5.81. The van der Waals surface area contributed by atoms with Gasteiger partial charge in [0.25, 0.3) is 0 Å². The van der Waals surface area contributed by atoms with Crippen molar-refractivity contribution < 1.29 is 18.4 Å². The van der Waals surface area contributed by atoms with Crippen LogP contribution in [0.15, 0.2) is 21.9 Å². The van der Waals surface area contributed by atoms with Gasteiger partial charge in [0.05, 0.1) is 18.4 Å². The summed E-state index contributed by atoms with van der Waals surface area (Å²) in [6, 6.07) is -1.50. The van der Waals surface area contributed by atoms with E-state index in [1.54, 1.807) is 7.05 Å². The number of amidine groups is 1. The van der Waals surface area contributed by atoms with Gasteiger partial charge in [-0.3, -0.25) is 5.21 Å². The number of rotatable bonds is 3. The molecular weight excluding hydrogens is 312 g/mol. The Morgan fingerprint density at radius 2 is 2.23 bits per heavy atom. The molecule has 2 aliphatic rings. The minimum atomic E-state index is -4.02. The fraction of sp³-hybridized carbons (Fsp3) is 0.545. The molecule has 120 valence electrons. The number of piperidine rings is 1. The minimum absolute atomic E-state index is 0.173. The Morgan fingerprint density at radius 3 is 2.86 bits per heavy atom. The third-order valence-corrected chi connectivity index (χ3v) is 5.05. The van der Waals surface area contributed by atoms with E-state index < -0.39 is 22.1 Å². The van der Waals surface area contributed by atoms with Crippen molar-refractivity contribution in [2.45, 2.75) is 30.0 Å². The Balaban J connectivity index is 1.87. The van der Waals surface area contributed by atoms with Crippen molar-refractivity contribution >= 4 is 21.9 Å². The van der Waals surface area contributed by atoms with Crippen molar-refractivity contribution in [3.8, 4) is 0 Å². The van der Waals surface area contributed by atoms with E-state index in [1.807, 2.05) is 0 Å². The molecule has 11 heteroatoms. The maximum absolute atomic E-state index is 12.1. The highest BCUT2D eigenvalue weighted by molar-refractivity contribution is 7.90. The molecule has 2 amide bonds. The standard InChI is InChI=1S/C11H16N6O4S/c1-15-5-9(13-6-15)22(20,21)14-10(12)8-3-2-7-4-16(8)11(18)17(7)19/h5-8,19H,2-4H2,1H3,(H2,12,14)/t7-,8+/m1/s1. The van der Waals surface area contributed by atoms with Crippen LogP contribution >= 0.6 is 0 Å². The van der Waals surface area contributed by atoms with Crippen molar-refractivity contribution in [3.63, 3.8) is 0 Å². The molecule has 0 aromatic carbocycles. The van der Waals surface area contributed by atoms with Crippen molar-refractivity contribution in [1.82, 2.24) is 19.5 Å². The van der Waals surface area contributed by atoms with E-state index in [1.165, 1.54) is 22.0 Å². The zero-order valence-corrected chi connectivity index (χ0v) is 12.6. The van der Waals surface area contributed by atoms with Crippen LogP contribution in [0.25, 0.3) is 0 Å². The van der Waals surface area contributed by atoms with Gasteiger partial charge < -0.3 is 15.2 Å². The molecule has 1 aromatic rings. The molecule has 0 spiro atoms. The van der Waals surface area contributed by atoms with Crippen molar-refractivity contribution in [1.29, 1.82) is 0 Å². The first-order valence-electron chi connectivity index (χ1n) is 6.66. The molecule has 3 heterocycles. The first-order valence-corrected chi connectivity index (χ1v) is 8.10. The molecule has 0 unspecified atom stereocenters. The van der Waals surface area contributed by atoms with Crippen molar-refractivity contribution in [2.75, 3.05) is 6.54 Å². The van der Waals surface area contributed by atoms with E-state index >= 15 is 0 Å². The summed E-state index contributed by atoms with van der Waals surface area (Å²) in [6.45, 7) is 0.305. The highest BCUT2D eigenvalue weighted by Crippen LogP contribution is 2.28. The number of amides is 2. The topological polar surface area (TPSA) is 134 Å². The number of carbonyl (C=O) groups excluding carboxylic acids is 1. The van der Waals surface area contributed by atoms with Gasteiger partial charge in [-0.1, -0.05) is 0 Å². The van der Waals surface area contributed by atoms with Crippen LogP contribution in [0, 0.1) is 0 Å². The third kappa shape index (κ3) is 2.31. The second-order valence-corrected chi connectivity index (χ2v) is 6.95. The number of carbonyl (C=O) groups is 1. The van der Waals surface area contributed by atoms with E-state index in [0.29, 0.717) is 24.4 Å². The van der Waals surface area contributed by atoms with Crippen LogP contribution in [0.2, 0.25) is 0 Å². The van der Waals surface area contributed by atoms with Crippen molar-refractivity contribution in [3.05, 3.63) is 12.5 Å². The summed E-state index contributed by atoms with van der Waals surface area (Å²) < 4.78 is 29.4. The fourth-order valence-corrected chi connectivity index (χ4v) is 3.70. The molecule has 0 saturated carbocycles. The molecule has 2 bridgehead atoms. The van der Waals surface area contributed by atoms with Gasteiger partial charge in [0.15, 0.2) is 5.03 Å². The second-order valence-electron chi connectivity index (χ2n) is 5.40. The molecule has 1 aromatic heterocycles. The molecule has 2 saturated heterocycles. The normalized spacial score (nSPS) is 25.9. The molecule has 0 aliphatic carbocycles. The number of sulfonamides is 1. The molecule has 3 rings (SSSR count). The van der Waals surface area contributed by atoms with Crippen LogP contribution < -0.4 is 5.73 Å². The summed E-state index contributed by atoms with van der Waals surface area (Å²) in [5.74, 6) is -0.173. The second kappa shape index (κ2) is 4.95. The van der Waals surface area contributed by atoms with Crippen LogP contribution in [0.5, 0.6) is 0 Å². The monoisotopic (exact) mass is 328 g/mol. The quantitative estimate of drug-likeness (QED) is 0.420. The Hall–Kier alpha value is -2.14. The molecule has 0 radical (unpaired) electrons. The van der Waals surface area contributed by atoms with E-state index in [0.717, 1.165) is 0 Å². The molecule has 3 N–H and O–H groups in total. The molecule has 10 nitrogen and oxygen atoms in total. The molecule has 22 heavy (non-hydrogen) atoms. The van der Waals surface area contributed by atoms with Crippen LogP contribution in [-0.2, 0) is 17.1 Å². The van der Waals surface area contributed by atoms with Gasteiger partial charge >= 0.3 is 16.1 Å². The van der Waals surface area contributed by atoms with E-state index in [4.69, 9.17) is 5.73 Å². The molecule has 2 aliphatic heterocycles. The van der Waals surface area contributed by atoms with Gasteiger partial charge in [-0.2, -0.15) is 8.42 Å². The minimum Gasteiger partial charge on any atom is -0.385 e. The summed E-state index contributed by atoms with van der Waals surface area (Å²) in [7, 11) is -2.38. The van der Waals surface area contributed by atoms with Crippen LogP contribution in [-0.4, -0.2) is 63.6 Å². The Bertz CT molecular complexity index is 742. The van der Waals surface area contributed by atoms with E-state index in [2.05, 4.69) is 9.38 Å². The first-order chi connectivity index (χ1) is 10.3. The van der Waals surface area contributed by atoms with Crippen molar-refractivity contribution in [2.24, 2.45) is 17.2 Å². The van der Waals surface area contributed by atoms with Gasteiger partial charge in [-0.25, -0.2) is 14.8 Å². The lowest BCUT2D eigenvalue weighted by Gasteiger charge is -2.29. The predicted molar refractivity (Wildman–Crippen MR) is 74.6 cm³/mol. The van der Waals surface area contributed by atoms with E-state index in [9.17, 15) is 18.4 Å². The number of hydroxylamine groups is 2. The van der Waals surface area contributed by atoms with Crippen LogP contribution in [0.1, 0.15) is 12.8 Å². The number of nitrogens with zero attached hydrogens (tertiary/aromatic N) is 5. The largest absolute Gasteiger partial charge is 0.385 e. The van der Waals surface area contributed by atoms with Gasteiger partial charge in [0.2, 0.25) is 0 Å². The lowest BCUT2D eigenvalue weighted by atomic mass is 10.0. The summed E-state index contributed by atoms with van der Waals surface area (Å²) in [6.07, 6.45) is 3.64. The number of fused-ring (bicyclic) bond motifs is 2. The SMILES string of the molecule is Cn1cnc(S(=O)(=O)N=C(N)[C@@H]2CC[C@@H]3CN2C(=O)N3O)c1. The Kier molecular flexibility index (Phi) is 3.33. The number of imidazole rings is 1. The third-order valence-electron chi connectivity index (χ3n) is 3.86. The van der Waals surface area contributed by atoms with Gasteiger partial charge in [0.1, 0.15) is 5.84 Å². The number of hydrogen-bond donors (Lipinski definition) is 2. The number of hydrogen-bond acceptors (Lipinski definition) is 5. The fourth-order valence-electron chi connectivity index (χ4n) is 2.73. The summed E-state index contributed by atoms with van der Waals surface area (Å²) >= 11 is 0. The maximum atomic E-state index is 12.1. The lowest BCUT2D eigenvalue weighted by molar-refractivity contribution is -0.0583. The van der Waals surface area contributed by atoms with Crippen LogP contribution in [0.3, 0.4) is 0 Å². The Morgan fingerprint density at radius 1 is 1.50 bits per heavy atom. The highest BCUT2D eigenvalue weighted by atomic mass is 32.2. The van der Waals surface area contributed by atoms with Gasteiger partial charge in [-0.05, 0) is 12.8 Å². The smallest absolute Gasteiger partial charge is 0.344 e. The number of nitrogens with two attached hydrogens (primary N) is 1. The zero-order valence-electron chi connectivity index (χ0n) is 11.8. The predicted octanol–water partition coefficient (Wildman–Crippen LogP) is -0.876. The molecular formula is C11H16N6O4S. The van der Waals surface area contributed by atoms with Gasteiger partial charge in [-0.15, -0.1) is 4.40 Å². The summed E-state index contributed by atoms with van der Waals surface area (Å²) in [5, 5.41) is 10.1.